The fourth-order valence-electron chi connectivity index (χ4n) is 1.71. The summed E-state index contributed by atoms with van der Waals surface area (Å²) < 4.78 is 0. The fourth-order valence-corrected chi connectivity index (χ4v) is 2.60. The van der Waals surface area contributed by atoms with Crippen LogP contribution in [0, 0.1) is 17.0 Å². The Morgan fingerprint density at radius 2 is 1.95 bits per heavy atom. The van der Waals surface area contributed by atoms with Gasteiger partial charge in [0.1, 0.15) is 5.02 Å². The van der Waals surface area contributed by atoms with Crippen molar-refractivity contribution in [3.05, 3.63) is 63.2 Å². The van der Waals surface area contributed by atoms with E-state index >= 15 is 0 Å². The lowest BCUT2D eigenvalue weighted by molar-refractivity contribution is -0.384. The van der Waals surface area contributed by atoms with Gasteiger partial charge in [-0.3, -0.25) is 14.9 Å². The van der Waals surface area contributed by atoms with Gasteiger partial charge in [-0.1, -0.05) is 29.3 Å². The second-order valence-corrected chi connectivity index (χ2v) is 6.03. The summed E-state index contributed by atoms with van der Waals surface area (Å²) in [7, 11) is 0. The first-order valence-corrected chi connectivity index (χ1v) is 7.75. The molecule has 1 amide bonds. The monoisotopic (exact) mass is 336 g/mol. The zero-order valence-corrected chi connectivity index (χ0v) is 13.3. The van der Waals surface area contributed by atoms with E-state index in [-0.39, 0.29) is 22.4 Å². The number of benzene rings is 2. The van der Waals surface area contributed by atoms with Gasteiger partial charge in [0, 0.05) is 16.6 Å². The Labute approximate surface area is 136 Å². The number of aryl methyl sites for hydroxylation is 1. The lowest BCUT2D eigenvalue weighted by atomic mass is 10.2. The summed E-state index contributed by atoms with van der Waals surface area (Å²) in [5, 5.41) is 13.5. The number of hydrogen-bond acceptors (Lipinski definition) is 4. The van der Waals surface area contributed by atoms with Crippen molar-refractivity contribution in [2.45, 2.75) is 11.8 Å². The summed E-state index contributed by atoms with van der Waals surface area (Å²) in [5.41, 5.74) is 1.28. The molecule has 0 aliphatic heterocycles. The number of nitro benzene ring substituents is 1. The first-order valence-electron chi connectivity index (χ1n) is 6.39. The topological polar surface area (TPSA) is 72.2 Å². The highest BCUT2D eigenvalue weighted by Crippen LogP contribution is 2.27. The molecule has 0 radical (unpaired) electrons. The molecule has 0 aromatic heterocycles. The lowest BCUT2D eigenvalue weighted by Gasteiger charge is -2.06. The van der Waals surface area contributed by atoms with E-state index in [1.165, 1.54) is 30.0 Å². The minimum absolute atomic E-state index is 0.0389. The summed E-state index contributed by atoms with van der Waals surface area (Å²) in [4.78, 5) is 23.1. The molecule has 114 valence electrons. The summed E-state index contributed by atoms with van der Waals surface area (Å²) in [6.45, 7) is 1.99. The molecule has 0 saturated carbocycles. The standard InChI is InChI=1S/C15H13ClN2O3S/c1-10-2-5-12(6-3-10)22-9-15(19)17-11-4-7-13(16)14(8-11)18(20)21/h2-8H,9H2,1H3,(H,17,19). The van der Waals surface area contributed by atoms with E-state index in [0.29, 0.717) is 5.69 Å². The maximum Gasteiger partial charge on any atom is 0.289 e. The smallest absolute Gasteiger partial charge is 0.289 e. The highest BCUT2D eigenvalue weighted by molar-refractivity contribution is 8.00. The van der Waals surface area contributed by atoms with Crippen LogP contribution < -0.4 is 5.32 Å². The molecule has 0 aliphatic rings. The van der Waals surface area contributed by atoms with E-state index in [4.69, 9.17) is 11.6 Å². The van der Waals surface area contributed by atoms with Crippen LogP contribution in [0.4, 0.5) is 11.4 Å². The summed E-state index contributed by atoms with van der Waals surface area (Å²) in [5.74, 6) is -0.0124. The third-order valence-electron chi connectivity index (χ3n) is 2.82. The van der Waals surface area contributed by atoms with Gasteiger partial charge in [-0.2, -0.15) is 0 Å². The van der Waals surface area contributed by atoms with Crippen molar-refractivity contribution in [3.8, 4) is 0 Å². The third kappa shape index (κ3) is 4.47. The molecule has 0 atom stereocenters. The van der Waals surface area contributed by atoms with Crippen LogP contribution in [0.2, 0.25) is 5.02 Å². The molecule has 7 heteroatoms. The third-order valence-corrected chi connectivity index (χ3v) is 4.15. The maximum atomic E-state index is 11.9. The fraction of sp³-hybridized carbons (Fsp3) is 0.133. The molecular formula is C15H13ClN2O3S. The van der Waals surface area contributed by atoms with Crippen molar-refractivity contribution in [1.82, 2.24) is 0 Å². The Balaban J connectivity index is 1.96. The van der Waals surface area contributed by atoms with Gasteiger partial charge in [-0.15, -0.1) is 11.8 Å². The molecule has 2 aromatic carbocycles. The van der Waals surface area contributed by atoms with Crippen molar-refractivity contribution in [1.29, 1.82) is 0 Å². The van der Waals surface area contributed by atoms with Crippen LogP contribution in [0.25, 0.3) is 0 Å². The number of anilines is 1. The van der Waals surface area contributed by atoms with Crippen LogP contribution in [0.1, 0.15) is 5.56 Å². The van der Waals surface area contributed by atoms with Crippen molar-refractivity contribution in [2.24, 2.45) is 0 Å². The van der Waals surface area contributed by atoms with E-state index in [2.05, 4.69) is 5.32 Å². The molecule has 22 heavy (non-hydrogen) atoms. The highest BCUT2D eigenvalue weighted by Gasteiger charge is 2.14. The number of rotatable bonds is 5. The van der Waals surface area contributed by atoms with Crippen LogP contribution in [-0.4, -0.2) is 16.6 Å². The van der Waals surface area contributed by atoms with Crippen LogP contribution in [0.5, 0.6) is 0 Å². The number of amides is 1. The first kappa shape index (κ1) is 16.3. The molecule has 0 unspecified atom stereocenters. The normalized spacial score (nSPS) is 10.3. The Morgan fingerprint density at radius 3 is 2.59 bits per heavy atom. The van der Waals surface area contributed by atoms with Gasteiger partial charge in [-0.05, 0) is 31.2 Å². The number of nitrogens with one attached hydrogen (secondary N) is 1. The van der Waals surface area contributed by atoms with Crippen LogP contribution >= 0.6 is 23.4 Å². The van der Waals surface area contributed by atoms with E-state index in [0.717, 1.165) is 10.5 Å². The highest BCUT2D eigenvalue weighted by atomic mass is 35.5. The van der Waals surface area contributed by atoms with E-state index in [9.17, 15) is 14.9 Å². The maximum absolute atomic E-state index is 11.9. The predicted octanol–water partition coefficient (Wildman–Crippen LogP) is 4.29. The molecule has 2 rings (SSSR count). The number of nitro groups is 1. The largest absolute Gasteiger partial charge is 0.325 e. The molecule has 0 aliphatic carbocycles. The summed E-state index contributed by atoms with van der Waals surface area (Å²) >= 11 is 7.12. The van der Waals surface area contributed by atoms with Gasteiger partial charge >= 0.3 is 0 Å². The Kier molecular flexibility index (Phi) is 5.41. The van der Waals surface area contributed by atoms with Crippen LogP contribution in [0.15, 0.2) is 47.4 Å². The molecule has 0 spiro atoms. The average Bonchev–Trinajstić information content (AvgIpc) is 2.48. The van der Waals surface area contributed by atoms with E-state index in [1.807, 2.05) is 31.2 Å². The number of halogens is 1. The second-order valence-electron chi connectivity index (χ2n) is 4.57. The zero-order chi connectivity index (χ0) is 16.1. The van der Waals surface area contributed by atoms with Crippen molar-refractivity contribution < 1.29 is 9.72 Å². The quantitative estimate of drug-likeness (QED) is 0.502. The molecule has 0 bridgehead atoms. The van der Waals surface area contributed by atoms with Gasteiger partial charge < -0.3 is 5.32 Å². The van der Waals surface area contributed by atoms with Crippen molar-refractivity contribution in [2.75, 3.05) is 11.1 Å². The minimum atomic E-state index is -0.584. The van der Waals surface area contributed by atoms with Gasteiger partial charge in [0.15, 0.2) is 0 Å². The van der Waals surface area contributed by atoms with E-state index < -0.39 is 4.92 Å². The van der Waals surface area contributed by atoms with Crippen molar-refractivity contribution >= 4 is 40.6 Å². The molecule has 5 nitrogen and oxygen atoms in total. The van der Waals surface area contributed by atoms with Gasteiger partial charge in [0.05, 0.1) is 10.7 Å². The van der Waals surface area contributed by atoms with Gasteiger partial charge in [0.25, 0.3) is 5.69 Å². The molecule has 0 fully saturated rings. The summed E-state index contributed by atoms with van der Waals surface area (Å²) in [6.07, 6.45) is 0. The number of thioether (sulfide) groups is 1. The molecule has 2 aromatic rings. The second kappa shape index (κ2) is 7.29. The Morgan fingerprint density at radius 1 is 1.27 bits per heavy atom. The van der Waals surface area contributed by atoms with Gasteiger partial charge in [0.2, 0.25) is 5.91 Å². The summed E-state index contributed by atoms with van der Waals surface area (Å²) in [6, 6.07) is 12.0. The molecule has 1 N–H and O–H groups in total. The minimum Gasteiger partial charge on any atom is -0.325 e. The number of carbonyl (C=O) groups is 1. The Hall–Kier alpha value is -2.05. The number of carbonyl (C=O) groups excluding carboxylic acids is 1. The number of nitrogens with zero attached hydrogens (tertiary/aromatic N) is 1. The SMILES string of the molecule is Cc1ccc(SCC(=O)Nc2ccc(Cl)c([N+](=O)[O-])c2)cc1. The zero-order valence-electron chi connectivity index (χ0n) is 11.7. The molecular weight excluding hydrogens is 324 g/mol. The van der Waals surface area contributed by atoms with Gasteiger partial charge in [-0.25, -0.2) is 0 Å². The average molecular weight is 337 g/mol. The number of hydrogen-bond donors (Lipinski definition) is 1. The van der Waals surface area contributed by atoms with Crippen LogP contribution in [-0.2, 0) is 4.79 Å². The van der Waals surface area contributed by atoms with Crippen molar-refractivity contribution in [3.63, 3.8) is 0 Å². The van der Waals surface area contributed by atoms with Crippen LogP contribution in [0.3, 0.4) is 0 Å². The lowest BCUT2D eigenvalue weighted by Crippen LogP contribution is -2.14. The predicted molar refractivity (Wildman–Crippen MR) is 88.6 cm³/mol. The Bertz CT molecular complexity index is 704. The first-order chi connectivity index (χ1) is 10.5. The molecule has 0 heterocycles. The molecule has 0 saturated heterocycles. The van der Waals surface area contributed by atoms with E-state index in [1.54, 1.807) is 0 Å².